The molecule has 6 nitrogen and oxygen atoms in total. The summed E-state index contributed by atoms with van der Waals surface area (Å²) in [6.07, 6.45) is 0. The van der Waals surface area contributed by atoms with E-state index in [0.29, 0.717) is 11.1 Å². The fraction of sp³-hybridized carbons (Fsp3) is 0.125. The van der Waals surface area contributed by atoms with Crippen LogP contribution in [0.5, 0.6) is 5.75 Å². The Morgan fingerprint density at radius 1 is 0.806 bits per heavy atom. The van der Waals surface area contributed by atoms with Crippen LogP contribution in [0, 0.1) is 5.82 Å². The molecule has 0 fully saturated rings. The minimum atomic E-state index is -0.494. The number of ketones is 1. The van der Waals surface area contributed by atoms with Crippen LogP contribution in [0.25, 0.3) is 0 Å². The average Bonchev–Trinajstić information content (AvgIpc) is 2.81. The number of carbonyl (C=O) groups is 3. The molecule has 158 valence electrons. The van der Waals surface area contributed by atoms with E-state index in [9.17, 15) is 18.8 Å². The number of Topliss-reactive ketones (excluding diaryl/α,β-unsaturated/α-hetero) is 1. The molecule has 0 aliphatic heterocycles. The number of benzene rings is 3. The van der Waals surface area contributed by atoms with Crippen molar-refractivity contribution in [3.63, 3.8) is 0 Å². The van der Waals surface area contributed by atoms with E-state index < -0.39 is 17.6 Å². The van der Waals surface area contributed by atoms with Gasteiger partial charge in [-0.05, 0) is 18.2 Å². The van der Waals surface area contributed by atoms with Crippen LogP contribution < -0.4 is 15.4 Å². The lowest BCUT2D eigenvalue weighted by molar-refractivity contribution is -0.123. The van der Waals surface area contributed by atoms with Gasteiger partial charge in [0.05, 0.1) is 12.1 Å². The van der Waals surface area contributed by atoms with Crippen molar-refractivity contribution in [3.8, 4) is 5.75 Å². The Bertz CT molecular complexity index is 1070. The number of halogens is 1. The summed E-state index contributed by atoms with van der Waals surface area (Å²) in [5.41, 5.74) is 1.06. The molecular weight excluding hydrogens is 399 g/mol. The zero-order valence-electron chi connectivity index (χ0n) is 16.6. The molecule has 2 amide bonds. The molecule has 0 aliphatic rings. The summed E-state index contributed by atoms with van der Waals surface area (Å²) in [5.74, 6) is -1.38. The van der Waals surface area contributed by atoms with Gasteiger partial charge < -0.3 is 15.4 Å². The van der Waals surface area contributed by atoms with Crippen molar-refractivity contribution >= 4 is 17.6 Å². The van der Waals surface area contributed by atoms with Gasteiger partial charge in [-0.3, -0.25) is 14.4 Å². The Morgan fingerprint density at radius 2 is 1.48 bits per heavy atom. The van der Waals surface area contributed by atoms with Gasteiger partial charge >= 0.3 is 0 Å². The Hall–Kier alpha value is -4.00. The number of nitrogens with one attached hydrogen (secondary N) is 2. The Morgan fingerprint density at radius 3 is 2.26 bits per heavy atom. The summed E-state index contributed by atoms with van der Waals surface area (Å²) >= 11 is 0. The zero-order chi connectivity index (χ0) is 22.1. The minimum Gasteiger partial charge on any atom is -0.483 e. The molecule has 0 aliphatic carbocycles. The molecule has 0 atom stereocenters. The third-order valence-corrected chi connectivity index (χ3v) is 4.43. The van der Waals surface area contributed by atoms with Gasteiger partial charge in [0.2, 0.25) is 0 Å². The summed E-state index contributed by atoms with van der Waals surface area (Å²) < 4.78 is 19.1. The van der Waals surface area contributed by atoms with E-state index in [4.69, 9.17) is 4.74 Å². The largest absolute Gasteiger partial charge is 0.483 e. The molecule has 2 N–H and O–H groups in total. The molecule has 3 aromatic rings. The van der Waals surface area contributed by atoms with Crippen LogP contribution in [0.15, 0.2) is 78.9 Å². The molecule has 0 saturated heterocycles. The first-order valence-corrected chi connectivity index (χ1v) is 9.63. The fourth-order valence-corrected chi connectivity index (χ4v) is 2.79. The second-order valence-electron chi connectivity index (χ2n) is 6.62. The van der Waals surface area contributed by atoms with E-state index >= 15 is 0 Å². The van der Waals surface area contributed by atoms with Gasteiger partial charge in [0, 0.05) is 17.7 Å². The lowest BCUT2D eigenvalue weighted by Gasteiger charge is -2.12. The number of amides is 2. The van der Waals surface area contributed by atoms with Crippen molar-refractivity contribution in [2.45, 2.75) is 6.54 Å². The zero-order valence-corrected chi connectivity index (χ0v) is 16.6. The normalized spacial score (nSPS) is 10.2. The van der Waals surface area contributed by atoms with E-state index in [1.165, 1.54) is 12.1 Å². The van der Waals surface area contributed by atoms with Crippen molar-refractivity contribution < 1.29 is 23.5 Å². The summed E-state index contributed by atoms with van der Waals surface area (Å²) in [6, 6.07) is 21.2. The van der Waals surface area contributed by atoms with E-state index in [1.54, 1.807) is 66.7 Å². The third-order valence-electron chi connectivity index (χ3n) is 4.43. The molecule has 0 spiro atoms. The van der Waals surface area contributed by atoms with E-state index in [0.717, 1.165) is 0 Å². The molecule has 0 radical (unpaired) electrons. The number of ether oxygens (including phenoxy) is 1. The lowest BCUT2D eigenvalue weighted by atomic mass is 10.1. The van der Waals surface area contributed by atoms with Gasteiger partial charge in [-0.25, -0.2) is 4.39 Å². The first-order valence-electron chi connectivity index (χ1n) is 9.63. The molecule has 0 unspecified atom stereocenters. The summed E-state index contributed by atoms with van der Waals surface area (Å²) in [7, 11) is 0. The maximum atomic E-state index is 13.6. The Kier molecular flexibility index (Phi) is 7.48. The Balaban J connectivity index is 1.53. The molecule has 3 aromatic carbocycles. The highest BCUT2D eigenvalue weighted by Gasteiger charge is 2.15. The minimum absolute atomic E-state index is 0.0264. The van der Waals surface area contributed by atoms with Gasteiger partial charge in [-0.15, -0.1) is 0 Å². The Labute approximate surface area is 179 Å². The highest BCUT2D eigenvalue weighted by Crippen LogP contribution is 2.18. The number of hydrogen-bond acceptors (Lipinski definition) is 4. The second kappa shape index (κ2) is 10.7. The average molecular weight is 420 g/mol. The van der Waals surface area contributed by atoms with Crippen LogP contribution in [0.2, 0.25) is 0 Å². The quantitative estimate of drug-likeness (QED) is 0.521. The second-order valence-corrected chi connectivity index (χ2v) is 6.62. The predicted octanol–water partition coefficient (Wildman–Crippen LogP) is 3.13. The summed E-state index contributed by atoms with van der Waals surface area (Å²) in [5, 5.41) is 5.14. The van der Waals surface area contributed by atoms with Crippen LogP contribution in [-0.4, -0.2) is 30.7 Å². The SMILES string of the molecule is O=C(COc1ccccc1C(=O)NCC(=O)c1ccccc1)NCc1ccccc1F. The van der Waals surface area contributed by atoms with Crippen molar-refractivity contribution in [3.05, 3.63) is 101 Å². The highest BCUT2D eigenvalue weighted by atomic mass is 19.1. The summed E-state index contributed by atoms with van der Waals surface area (Å²) in [6.45, 7) is -0.486. The predicted molar refractivity (Wildman–Crippen MR) is 113 cm³/mol. The van der Waals surface area contributed by atoms with Crippen LogP contribution in [0.1, 0.15) is 26.3 Å². The van der Waals surface area contributed by atoms with E-state index in [2.05, 4.69) is 10.6 Å². The molecular formula is C24H21FN2O4. The molecule has 0 heterocycles. The van der Waals surface area contributed by atoms with Crippen molar-refractivity contribution in [2.75, 3.05) is 13.2 Å². The molecule has 0 aromatic heterocycles. The van der Waals surface area contributed by atoms with Gasteiger partial charge in [-0.1, -0.05) is 60.7 Å². The monoisotopic (exact) mass is 420 g/mol. The lowest BCUT2D eigenvalue weighted by Crippen LogP contribution is -2.31. The van der Waals surface area contributed by atoms with Crippen LogP contribution in [0.4, 0.5) is 4.39 Å². The molecule has 0 bridgehead atoms. The van der Waals surface area contributed by atoms with E-state index in [-0.39, 0.29) is 36.8 Å². The third kappa shape index (κ3) is 6.24. The maximum Gasteiger partial charge on any atom is 0.258 e. The first kappa shape index (κ1) is 21.7. The molecule has 3 rings (SSSR count). The van der Waals surface area contributed by atoms with Crippen LogP contribution in [-0.2, 0) is 11.3 Å². The van der Waals surface area contributed by atoms with Crippen molar-refractivity contribution in [1.82, 2.24) is 10.6 Å². The highest BCUT2D eigenvalue weighted by molar-refractivity contribution is 6.03. The number of para-hydroxylation sites is 1. The number of rotatable bonds is 9. The standard InChI is InChI=1S/C24H21FN2O4/c25-20-12-6-4-10-18(20)14-26-23(29)16-31-22-13-7-5-11-19(22)24(30)27-15-21(28)17-8-2-1-3-9-17/h1-13H,14-16H2,(H,26,29)(H,27,30). The smallest absolute Gasteiger partial charge is 0.258 e. The number of hydrogen-bond donors (Lipinski definition) is 2. The molecule has 7 heteroatoms. The van der Waals surface area contributed by atoms with Crippen LogP contribution in [0.3, 0.4) is 0 Å². The topological polar surface area (TPSA) is 84.5 Å². The van der Waals surface area contributed by atoms with Gasteiger partial charge in [0.1, 0.15) is 11.6 Å². The summed E-state index contributed by atoms with van der Waals surface area (Å²) in [4.78, 5) is 36.7. The van der Waals surface area contributed by atoms with E-state index in [1.807, 2.05) is 0 Å². The van der Waals surface area contributed by atoms with Crippen molar-refractivity contribution in [2.24, 2.45) is 0 Å². The van der Waals surface area contributed by atoms with Crippen LogP contribution >= 0.6 is 0 Å². The van der Waals surface area contributed by atoms with Crippen molar-refractivity contribution in [1.29, 1.82) is 0 Å². The van der Waals surface area contributed by atoms with Gasteiger partial charge in [0.25, 0.3) is 11.8 Å². The van der Waals surface area contributed by atoms with Gasteiger partial charge in [0.15, 0.2) is 12.4 Å². The number of carbonyl (C=O) groups excluding carboxylic acids is 3. The maximum absolute atomic E-state index is 13.6. The van der Waals surface area contributed by atoms with Gasteiger partial charge in [-0.2, -0.15) is 0 Å². The molecule has 0 saturated carbocycles. The molecule has 31 heavy (non-hydrogen) atoms. The fourth-order valence-electron chi connectivity index (χ4n) is 2.79. The first-order chi connectivity index (χ1) is 15.0.